The van der Waals surface area contributed by atoms with Crippen molar-refractivity contribution in [1.29, 1.82) is 0 Å². The van der Waals surface area contributed by atoms with E-state index in [2.05, 4.69) is 20.4 Å². The second kappa shape index (κ2) is 11.2. The predicted octanol–water partition coefficient (Wildman–Crippen LogP) is 3.42. The number of nitrogens with zero attached hydrogens (tertiary/aromatic N) is 2. The van der Waals surface area contributed by atoms with Gasteiger partial charge >= 0.3 is 6.61 Å². The number of benzene rings is 2. The zero-order valence-corrected chi connectivity index (χ0v) is 17.8. The van der Waals surface area contributed by atoms with Crippen molar-refractivity contribution >= 4 is 17.8 Å². The Kier molecular flexibility index (Phi) is 8.13. The predicted molar refractivity (Wildman–Crippen MR) is 117 cm³/mol. The lowest BCUT2D eigenvalue weighted by molar-refractivity contribution is -0.0504. The third-order valence-corrected chi connectivity index (χ3v) is 4.92. The Hall–Kier alpha value is -3.49. The van der Waals surface area contributed by atoms with E-state index in [1.807, 2.05) is 6.92 Å². The summed E-state index contributed by atoms with van der Waals surface area (Å²) in [5, 5.41) is 6.28. The second-order valence-corrected chi connectivity index (χ2v) is 7.12. The molecule has 2 aromatic carbocycles. The molecule has 0 bridgehead atoms. The van der Waals surface area contributed by atoms with Gasteiger partial charge < -0.3 is 15.4 Å². The lowest BCUT2D eigenvalue weighted by atomic mass is 10.1. The van der Waals surface area contributed by atoms with E-state index in [4.69, 9.17) is 0 Å². The van der Waals surface area contributed by atoms with Crippen molar-refractivity contribution in [3.8, 4) is 5.75 Å². The molecule has 0 unspecified atom stereocenters. The van der Waals surface area contributed by atoms with Gasteiger partial charge in [0.1, 0.15) is 5.75 Å². The molecule has 3 rings (SSSR count). The summed E-state index contributed by atoms with van der Waals surface area (Å²) in [6, 6.07) is 13.4. The topological polar surface area (TPSA) is 83.0 Å². The fraction of sp³-hybridized carbons (Fsp3) is 0.348. The number of aliphatic imine (C=N–C) groups is 1. The zero-order valence-electron chi connectivity index (χ0n) is 17.8. The van der Waals surface area contributed by atoms with Crippen molar-refractivity contribution in [3.05, 3.63) is 65.2 Å². The quantitative estimate of drug-likeness (QED) is 0.254. The molecule has 0 saturated carbocycles. The van der Waals surface area contributed by atoms with Gasteiger partial charge in [0.25, 0.3) is 11.8 Å². The van der Waals surface area contributed by atoms with Gasteiger partial charge in [0.05, 0.1) is 17.7 Å². The smallest absolute Gasteiger partial charge is 0.387 e. The van der Waals surface area contributed by atoms with Crippen LogP contribution in [-0.2, 0) is 6.54 Å². The number of nitrogens with one attached hydrogen (secondary N) is 2. The van der Waals surface area contributed by atoms with Crippen LogP contribution in [0.5, 0.6) is 5.75 Å². The van der Waals surface area contributed by atoms with E-state index in [9.17, 15) is 18.4 Å². The molecule has 2 N–H and O–H groups in total. The molecule has 2 aromatic rings. The van der Waals surface area contributed by atoms with Gasteiger partial charge in [-0.1, -0.05) is 30.3 Å². The van der Waals surface area contributed by atoms with Gasteiger partial charge in [0, 0.05) is 25.2 Å². The maximum atomic E-state index is 12.6. The molecule has 0 atom stereocenters. The number of guanidine groups is 1. The lowest BCUT2D eigenvalue weighted by Crippen LogP contribution is -2.38. The Labute approximate surface area is 185 Å². The summed E-state index contributed by atoms with van der Waals surface area (Å²) in [7, 11) is 0. The Balaban J connectivity index is 1.48. The highest BCUT2D eigenvalue weighted by Crippen LogP contribution is 2.23. The average molecular weight is 444 g/mol. The van der Waals surface area contributed by atoms with Crippen LogP contribution in [0.1, 0.15) is 46.0 Å². The summed E-state index contributed by atoms with van der Waals surface area (Å²) in [6.07, 6.45) is 1.35. The molecule has 1 heterocycles. The number of amides is 2. The molecule has 0 fully saturated rings. The van der Waals surface area contributed by atoms with Crippen LogP contribution in [0.25, 0.3) is 0 Å². The molecular formula is C23H26F2N4O3. The van der Waals surface area contributed by atoms with Crippen molar-refractivity contribution in [2.24, 2.45) is 4.99 Å². The molecular weight excluding hydrogens is 418 g/mol. The molecule has 0 spiro atoms. The van der Waals surface area contributed by atoms with E-state index >= 15 is 0 Å². The number of fused-ring (bicyclic) bond motifs is 1. The largest absolute Gasteiger partial charge is 0.434 e. The number of halogens is 2. The summed E-state index contributed by atoms with van der Waals surface area (Å²) in [4.78, 5) is 30.5. The Morgan fingerprint density at radius 2 is 1.66 bits per heavy atom. The molecule has 32 heavy (non-hydrogen) atoms. The molecule has 170 valence electrons. The first-order valence-corrected chi connectivity index (χ1v) is 10.5. The van der Waals surface area contributed by atoms with E-state index in [0.29, 0.717) is 55.1 Å². The Morgan fingerprint density at radius 3 is 2.31 bits per heavy atom. The van der Waals surface area contributed by atoms with Crippen molar-refractivity contribution in [3.63, 3.8) is 0 Å². The van der Waals surface area contributed by atoms with E-state index < -0.39 is 6.61 Å². The highest BCUT2D eigenvalue weighted by Gasteiger charge is 2.34. The maximum absolute atomic E-state index is 12.6. The first kappa shape index (κ1) is 23.2. The molecule has 0 aromatic heterocycles. The number of ether oxygens (including phenoxy) is 1. The summed E-state index contributed by atoms with van der Waals surface area (Å²) in [5.74, 6) is 0.138. The number of para-hydroxylation sites is 1. The minimum atomic E-state index is -2.89. The van der Waals surface area contributed by atoms with Gasteiger partial charge in [-0.3, -0.25) is 14.5 Å². The minimum Gasteiger partial charge on any atom is -0.434 e. The number of imide groups is 1. The molecule has 9 heteroatoms. The molecule has 0 saturated heterocycles. The monoisotopic (exact) mass is 444 g/mol. The van der Waals surface area contributed by atoms with Crippen LogP contribution >= 0.6 is 0 Å². The van der Waals surface area contributed by atoms with Crippen molar-refractivity contribution in [2.45, 2.75) is 32.9 Å². The van der Waals surface area contributed by atoms with Crippen LogP contribution in [0, 0.1) is 0 Å². The zero-order chi connectivity index (χ0) is 22.9. The number of unbranched alkanes of at least 4 members (excludes halogenated alkanes) is 1. The summed E-state index contributed by atoms with van der Waals surface area (Å²) in [5.41, 5.74) is 1.46. The van der Waals surface area contributed by atoms with Gasteiger partial charge in [-0.05, 0) is 38.0 Å². The van der Waals surface area contributed by atoms with Crippen molar-refractivity contribution in [1.82, 2.24) is 15.5 Å². The maximum Gasteiger partial charge on any atom is 0.387 e. The van der Waals surface area contributed by atoms with Gasteiger partial charge in [-0.25, -0.2) is 4.99 Å². The third kappa shape index (κ3) is 5.81. The number of hydrogen-bond donors (Lipinski definition) is 2. The molecule has 2 amide bonds. The summed E-state index contributed by atoms with van der Waals surface area (Å²) >= 11 is 0. The third-order valence-electron chi connectivity index (χ3n) is 4.92. The van der Waals surface area contributed by atoms with E-state index in [0.717, 1.165) is 0 Å². The summed E-state index contributed by atoms with van der Waals surface area (Å²) in [6.45, 7) is 0.759. The van der Waals surface area contributed by atoms with Crippen LogP contribution in [-0.4, -0.2) is 48.9 Å². The van der Waals surface area contributed by atoms with Gasteiger partial charge in [0.2, 0.25) is 0 Å². The average Bonchev–Trinajstić information content (AvgIpc) is 3.02. The number of rotatable bonds is 10. The van der Waals surface area contributed by atoms with Crippen LogP contribution in [0.2, 0.25) is 0 Å². The Morgan fingerprint density at radius 1 is 1.00 bits per heavy atom. The normalized spacial score (nSPS) is 13.5. The van der Waals surface area contributed by atoms with Crippen molar-refractivity contribution in [2.75, 3.05) is 19.6 Å². The lowest BCUT2D eigenvalue weighted by Gasteiger charge is -2.15. The highest BCUT2D eigenvalue weighted by molar-refractivity contribution is 6.21. The van der Waals surface area contributed by atoms with E-state index in [1.165, 1.54) is 11.0 Å². The second-order valence-electron chi connectivity index (χ2n) is 7.12. The van der Waals surface area contributed by atoms with E-state index in [-0.39, 0.29) is 24.1 Å². The minimum absolute atomic E-state index is 0.100. The SMILES string of the molecule is CCNC(=NCc1ccccc1OC(F)F)NCCCCN1C(=O)c2ccccc2C1=O. The number of carbonyl (C=O) groups is 2. The fourth-order valence-electron chi connectivity index (χ4n) is 3.40. The van der Waals surface area contributed by atoms with Crippen molar-refractivity contribution < 1.29 is 23.1 Å². The van der Waals surface area contributed by atoms with Crippen LogP contribution < -0.4 is 15.4 Å². The first-order valence-electron chi connectivity index (χ1n) is 10.5. The molecule has 7 nitrogen and oxygen atoms in total. The Bertz CT molecular complexity index is 946. The number of hydrogen-bond acceptors (Lipinski definition) is 4. The highest BCUT2D eigenvalue weighted by atomic mass is 19.3. The molecule has 0 aliphatic carbocycles. The van der Waals surface area contributed by atoms with Gasteiger partial charge in [-0.2, -0.15) is 8.78 Å². The van der Waals surface area contributed by atoms with Crippen LogP contribution in [0.3, 0.4) is 0 Å². The number of alkyl halides is 2. The molecule has 0 radical (unpaired) electrons. The fourth-order valence-corrected chi connectivity index (χ4v) is 3.40. The summed E-state index contributed by atoms with van der Waals surface area (Å²) < 4.78 is 29.7. The molecule has 1 aliphatic heterocycles. The molecule has 1 aliphatic rings. The van der Waals surface area contributed by atoms with Crippen LogP contribution in [0.15, 0.2) is 53.5 Å². The van der Waals surface area contributed by atoms with Crippen LogP contribution in [0.4, 0.5) is 8.78 Å². The number of carbonyl (C=O) groups excluding carboxylic acids is 2. The van der Waals surface area contributed by atoms with Gasteiger partial charge in [-0.15, -0.1) is 0 Å². The first-order chi connectivity index (χ1) is 15.5. The van der Waals surface area contributed by atoms with E-state index in [1.54, 1.807) is 42.5 Å². The van der Waals surface area contributed by atoms with Gasteiger partial charge in [0.15, 0.2) is 5.96 Å². The standard InChI is InChI=1S/C23H26F2N4O3/c1-2-26-23(28-15-16-9-3-6-12-19(16)32-22(24)25)27-13-7-8-14-29-20(30)17-10-4-5-11-18(17)21(29)31/h3-6,9-12,22H,2,7-8,13-15H2,1H3,(H2,26,27,28).